The average Bonchev–Trinajstić information content (AvgIpc) is 2.33. The summed E-state index contributed by atoms with van der Waals surface area (Å²) in [4.78, 5) is 13.7. The Hall–Kier alpha value is -0.660. The van der Waals surface area contributed by atoms with Crippen LogP contribution in [0.5, 0.6) is 0 Å². The van der Waals surface area contributed by atoms with Gasteiger partial charge >= 0.3 is 0 Å². The minimum absolute atomic E-state index is 0.0639. The predicted molar refractivity (Wildman–Crippen MR) is 73.3 cm³/mol. The second kappa shape index (κ2) is 7.21. The first-order valence-corrected chi connectivity index (χ1v) is 8.46. The van der Waals surface area contributed by atoms with Crippen LogP contribution >= 0.6 is 0 Å². The quantitative estimate of drug-likeness (QED) is 0.699. The summed E-state index contributed by atoms with van der Waals surface area (Å²) in [5, 5.41) is 0. The number of nitrogens with zero attached hydrogens (tertiary/aromatic N) is 2. The van der Waals surface area contributed by atoms with Gasteiger partial charge in [-0.15, -0.1) is 0 Å². The average molecular weight is 292 g/mol. The Morgan fingerprint density at radius 1 is 1.32 bits per heavy atom. The molecule has 0 radical (unpaired) electrons. The molecule has 1 aliphatic heterocycles. The highest BCUT2D eigenvalue weighted by molar-refractivity contribution is 7.88. The topological polar surface area (TPSA) is 66.9 Å². The fourth-order valence-corrected chi connectivity index (χ4v) is 2.61. The van der Waals surface area contributed by atoms with Gasteiger partial charge in [-0.3, -0.25) is 4.79 Å². The maximum Gasteiger partial charge on any atom is 0.238 e. The van der Waals surface area contributed by atoms with Gasteiger partial charge in [0.2, 0.25) is 15.9 Å². The van der Waals surface area contributed by atoms with Crippen molar-refractivity contribution in [3.63, 3.8) is 0 Å². The Balaban J connectivity index is 2.58. The van der Waals surface area contributed by atoms with Crippen LogP contribution in [0, 0.1) is 5.92 Å². The highest BCUT2D eigenvalue weighted by Gasteiger charge is 2.24. The number of ether oxygens (including phenoxy) is 1. The van der Waals surface area contributed by atoms with Gasteiger partial charge in [0.1, 0.15) is 0 Å². The Kier molecular flexibility index (Phi) is 6.22. The summed E-state index contributed by atoms with van der Waals surface area (Å²) in [6.07, 6.45) is 1.91. The lowest BCUT2D eigenvalue weighted by Crippen LogP contribution is -2.47. The molecule has 0 saturated carbocycles. The molecule has 1 saturated heterocycles. The van der Waals surface area contributed by atoms with Crippen molar-refractivity contribution >= 4 is 15.9 Å². The van der Waals surface area contributed by atoms with Crippen LogP contribution in [-0.4, -0.2) is 69.2 Å². The lowest BCUT2D eigenvalue weighted by molar-refractivity contribution is -0.135. The molecule has 1 rings (SSSR count). The molecule has 0 aromatic rings. The molecule has 1 heterocycles. The normalized spacial score (nSPS) is 17.2. The number of carbonyl (C=O) groups is 1. The molecule has 0 N–H and O–H groups in total. The van der Waals surface area contributed by atoms with Crippen LogP contribution in [0.25, 0.3) is 0 Å². The van der Waals surface area contributed by atoms with E-state index < -0.39 is 10.0 Å². The van der Waals surface area contributed by atoms with Gasteiger partial charge in [0, 0.05) is 19.6 Å². The van der Waals surface area contributed by atoms with Crippen molar-refractivity contribution in [3.8, 4) is 0 Å². The molecule has 1 amide bonds. The number of hydrogen-bond acceptors (Lipinski definition) is 4. The van der Waals surface area contributed by atoms with Crippen LogP contribution in [-0.2, 0) is 19.6 Å². The van der Waals surface area contributed by atoms with E-state index in [-0.39, 0.29) is 12.5 Å². The van der Waals surface area contributed by atoms with Crippen molar-refractivity contribution in [1.82, 2.24) is 9.21 Å². The van der Waals surface area contributed by atoms with E-state index in [1.165, 1.54) is 4.31 Å². The van der Waals surface area contributed by atoms with Gasteiger partial charge < -0.3 is 9.64 Å². The molecule has 0 spiro atoms. The Bertz CT molecular complexity index is 389. The first-order chi connectivity index (χ1) is 8.80. The monoisotopic (exact) mass is 292 g/mol. The third kappa shape index (κ3) is 5.88. The SMILES string of the molecule is CC(C)CCN(CC(=O)N1CCOCC1)S(C)(=O)=O. The molecule has 7 heteroatoms. The van der Waals surface area contributed by atoms with Crippen molar-refractivity contribution in [3.05, 3.63) is 0 Å². The molecule has 1 fully saturated rings. The molecule has 0 atom stereocenters. The molecule has 112 valence electrons. The molecule has 0 aromatic carbocycles. The van der Waals surface area contributed by atoms with E-state index >= 15 is 0 Å². The van der Waals surface area contributed by atoms with Crippen molar-refractivity contribution in [2.45, 2.75) is 20.3 Å². The zero-order chi connectivity index (χ0) is 14.5. The zero-order valence-electron chi connectivity index (χ0n) is 12.0. The minimum atomic E-state index is -3.34. The number of amides is 1. The lowest BCUT2D eigenvalue weighted by atomic mass is 10.1. The number of carbonyl (C=O) groups excluding carboxylic acids is 1. The number of rotatable bonds is 6. The molecule has 0 unspecified atom stereocenters. The van der Waals surface area contributed by atoms with Crippen molar-refractivity contribution in [1.29, 1.82) is 0 Å². The van der Waals surface area contributed by atoms with Crippen LogP contribution < -0.4 is 0 Å². The molecular weight excluding hydrogens is 268 g/mol. The second-order valence-electron chi connectivity index (χ2n) is 5.27. The van der Waals surface area contributed by atoms with E-state index in [4.69, 9.17) is 4.74 Å². The van der Waals surface area contributed by atoms with Crippen LogP contribution in [0.15, 0.2) is 0 Å². The van der Waals surface area contributed by atoms with Gasteiger partial charge in [0.25, 0.3) is 0 Å². The van der Waals surface area contributed by atoms with Crippen LogP contribution in [0.1, 0.15) is 20.3 Å². The summed E-state index contributed by atoms with van der Waals surface area (Å²) in [7, 11) is -3.34. The Labute approximate surface area is 115 Å². The van der Waals surface area contributed by atoms with Gasteiger partial charge in [-0.25, -0.2) is 8.42 Å². The fraction of sp³-hybridized carbons (Fsp3) is 0.917. The van der Waals surface area contributed by atoms with Crippen LogP contribution in [0.3, 0.4) is 0 Å². The van der Waals surface area contributed by atoms with Gasteiger partial charge in [-0.2, -0.15) is 4.31 Å². The Morgan fingerprint density at radius 3 is 2.37 bits per heavy atom. The second-order valence-corrected chi connectivity index (χ2v) is 7.25. The number of morpholine rings is 1. The van der Waals surface area contributed by atoms with E-state index in [9.17, 15) is 13.2 Å². The smallest absolute Gasteiger partial charge is 0.238 e. The van der Waals surface area contributed by atoms with E-state index in [1.807, 2.05) is 13.8 Å². The summed E-state index contributed by atoms with van der Waals surface area (Å²) >= 11 is 0. The highest BCUT2D eigenvalue weighted by Crippen LogP contribution is 2.07. The largest absolute Gasteiger partial charge is 0.378 e. The predicted octanol–water partition coefficient (Wildman–Crippen LogP) is 0.153. The molecule has 19 heavy (non-hydrogen) atoms. The summed E-state index contributed by atoms with van der Waals surface area (Å²) in [5.74, 6) is 0.264. The van der Waals surface area contributed by atoms with Crippen molar-refractivity contribution in [2.75, 3.05) is 45.6 Å². The first kappa shape index (κ1) is 16.4. The van der Waals surface area contributed by atoms with Gasteiger partial charge in [-0.05, 0) is 12.3 Å². The van der Waals surface area contributed by atoms with Crippen LogP contribution in [0.2, 0.25) is 0 Å². The molecule has 0 aliphatic carbocycles. The van der Waals surface area contributed by atoms with Crippen molar-refractivity contribution in [2.24, 2.45) is 5.92 Å². The van der Waals surface area contributed by atoms with Gasteiger partial charge in [0.15, 0.2) is 0 Å². The number of hydrogen-bond donors (Lipinski definition) is 0. The third-order valence-electron chi connectivity index (χ3n) is 3.10. The molecular formula is C12H24N2O4S. The molecule has 6 nitrogen and oxygen atoms in total. The summed E-state index contributed by atoms with van der Waals surface area (Å²) in [5.41, 5.74) is 0. The minimum Gasteiger partial charge on any atom is -0.378 e. The third-order valence-corrected chi connectivity index (χ3v) is 4.35. The lowest BCUT2D eigenvalue weighted by Gasteiger charge is -2.29. The maximum atomic E-state index is 12.1. The van der Waals surface area contributed by atoms with E-state index in [2.05, 4.69) is 0 Å². The van der Waals surface area contributed by atoms with Crippen LogP contribution in [0.4, 0.5) is 0 Å². The zero-order valence-corrected chi connectivity index (χ0v) is 12.8. The fourth-order valence-electron chi connectivity index (χ4n) is 1.83. The molecule has 1 aliphatic rings. The van der Waals surface area contributed by atoms with Crippen molar-refractivity contribution < 1.29 is 17.9 Å². The van der Waals surface area contributed by atoms with Gasteiger partial charge in [-0.1, -0.05) is 13.8 Å². The summed E-state index contributed by atoms with van der Waals surface area (Å²) in [6, 6.07) is 0. The highest BCUT2D eigenvalue weighted by atomic mass is 32.2. The van der Waals surface area contributed by atoms with Gasteiger partial charge in [0.05, 0.1) is 26.0 Å². The standard InChI is InChI=1S/C12H24N2O4S/c1-11(2)4-5-14(19(3,16)17)10-12(15)13-6-8-18-9-7-13/h11H,4-10H2,1-3H3. The summed E-state index contributed by atoms with van der Waals surface area (Å²) < 4.78 is 29.8. The first-order valence-electron chi connectivity index (χ1n) is 6.61. The molecule has 0 bridgehead atoms. The summed E-state index contributed by atoms with van der Waals surface area (Å²) in [6.45, 7) is 6.53. The van der Waals surface area contributed by atoms with E-state index in [1.54, 1.807) is 4.90 Å². The number of sulfonamides is 1. The van der Waals surface area contributed by atoms with E-state index in [0.29, 0.717) is 38.8 Å². The maximum absolute atomic E-state index is 12.1. The van der Waals surface area contributed by atoms with E-state index in [0.717, 1.165) is 12.7 Å². The molecule has 0 aromatic heterocycles. The Morgan fingerprint density at radius 2 is 1.89 bits per heavy atom.